The number of carboxylic acid groups (broad SMARTS) is 1. The number of amides is 1. The molecule has 1 aromatic heterocycles. The molecule has 0 spiro atoms. The van der Waals surface area contributed by atoms with Crippen molar-refractivity contribution in [3.8, 4) is 5.69 Å². The molecule has 1 saturated heterocycles. The summed E-state index contributed by atoms with van der Waals surface area (Å²) in [6, 6.07) is 7.30. The van der Waals surface area contributed by atoms with E-state index in [1.54, 1.807) is 16.8 Å². The van der Waals surface area contributed by atoms with Gasteiger partial charge in [-0.3, -0.25) is 9.59 Å². The third-order valence-electron chi connectivity index (χ3n) is 4.85. The van der Waals surface area contributed by atoms with Crippen LogP contribution in [0.3, 0.4) is 0 Å². The molecule has 0 aliphatic carbocycles. The first-order valence-corrected chi connectivity index (χ1v) is 9.09. The Kier molecular flexibility index (Phi) is 5.53. The summed E-state index contributed by atoms with van der Waals surface area (Å²) in [6.45, 7) is 4.42. The standard InChI is InChI=1S/C19H22ClN3O4/c1-12-16(13(2)23(22-12)15-5-3-14(20)4-6-15)9-17(24)21-19(10-18(25)26)7-8-27-11-19/h3-6H,7-11H2,1-2H3,(H,21,24)(H,25,26). The smallest absolute Gasteiger partial charge is 0.305 e. The van der Waals surface area contributed by atoms with Crippen LogP contribution in [0.4, 0.5) is 0 Å². The molecule has 0 saturated carbocycles. The van der Waals surface area contributed by atoms with E-state index >= 15 is 0 Å². The lowest BCUT2D eigenvalue weighted by molar-refractivity contribution is -0.139. The molecule has 7 nitrogen and oxygen atoms in total. The van der Waals surface area contributed by atoms with E-state index in [1.165, 1.54) is 0 Å². The third-order valence-corrected chi connectivity index (χ3v) is 5.10. The van der Waals surface area contributed by atoms with Gasteiger partial charge in [0.05, 0.1) is 36.4 Å². The third kappa shape index (κ3) is 4.31. The quantitative estimate of drug-likeness (QED) is 0.788. The Balaban J connectivity index is 1.78. The number of benzene rings is 1. The van der Waals surface area contributed by atoms with Crippen molar-refractivity contribution in [3.63, 3.8) is 0 Å². The van der Waals surface area contributed by atoms with Gasteiger partial charge in [0.15, 0.2) is 0 Å². The Hall–Kier alpha value is -2.38. The van der Waals surface area contributed by atoms with Gasteiger partial charge < -0.3 is 15.2 Å². The normalized spacial score (nSPS) is 19.2. The Morgan fingerprint density at radius 3 is 2.63 bits per heavy atom. The molecule has 1 unspecified atom stereocenters. The zero-order chi connectivity index (χ0) is 19.6. The summed E-state index contributed by atoms with van der Waals surface area (Å²) in [7, 11) is 0. The molecule has 1 atom stereocenters. The second-order valence-electron chi connectivity index (χ2n) is 6.92. The zero-order valence-electron chi connectivity index (χ0n) is 15.3. The highest BCUT2D eigenvalue weighted by Crippen LogP contribution is 2.24. The number of nitrogens with one attached hydrogen (secondary N) is 1. The highest BCUT2D eigenvalue weighted by Gasteiger charge is 2.38. The monoisotopic (exact) mass is 391 g/mol. The van der Waals surface area contributed by atoms with Crippen molar-refractivity contribution >= 4 is 23.5 Å². The van der Waals surface area contributed by atoms with Gasteiger partial charge in [-0.25, -0.2) is 4.68 Å². The van der Waals surface area contributed by atoms with E-state index in [0.717, 1.165) is 22.6 Å². The Morgan fingerprint density at radius 1 is 1.33 bits per heavy atom. The number of nitrogens with zero attached hydrogens (tertiary/aromatic N) is 2. The summed E-state index contributed by atoms with van der Waals surface area (Å²) in [6.07, 6.45) is 0.473. The second-order valence-corrected chi connectivity index (χ2v) is 7.35. The topological polar surface area (TPSA) is 93.5 Å². The maximum absolute atomic E-state index is 12.6. The van der Waals surface area contributed by atoms with Crippen LogP contribution in [-0.4, -0.2) is 45.5 Å². The number of rotatable bonds is 6. The van der Waals surface area contributed by atoms with Gasteiger partial charge in [0, 0.05) is 22.9 Å². The molecular formula is C19H22ClN3O4. The van der Waals surface area contributed by atoms with Crippen LogP contribution in [0.1, 0.15) is 29.8 Å². The van der Waals surface area contributed by atoms with Crippen LogP contribution < -0.4 is 5.32 Å². The van der Waals surface area contributed by atoms with Crippen LogP contribution >= 0.6 is 11.6 Å². The molecule has 2 aromatic rings. The van der Waals surface area contributed by atoms with Crippen molar-refractivity contribution in [1.82, 2.24) is 15.1 Å². The van der Waals surface area contributed by atoms with Gasteiger partial charge in [0.2, 0.25) is 5.91 Å². The fourth-order valence-electron chi connectivity index (χ4n) is 3.44. The maximum Gasteiger partial charge on any atom is 0.305 e. The summed E-state index contributed by atoms with van der Waals surface area (Å²) in [5, 5.41) is 17.2. The molecule has 1 fully saturated rings. The maximum atomic E-state index is 12.6. The number of hydrogen-bond acceptors (Lipinski definition) is 4. The van der Waals surface area contributed by atoms with E-state index < -0.39 is 11.5 Å². The molecule has 1 aliphatic rings. The molecule has 1 aromatic carbocycles. The SMILES string of the molecule is Cc1nn(-c2ccc(Cl)cc2)c(C)c1CC(=O)NC1(CC(=O)O)CCOC1. The lowest BCUT2D eigenvalue weighted by atomic mass is 9.93. The van der Waals surface area contributed by atoms with Crippen LogP contribution in [0.15, 0.2) is 24.3 Å². The van der Waals surface area contributed by atoms with Gasteiger partial charge in [0.25, 0.3) is 0 Å². The summed E-state index contributed by atoms with van der Waals surface area (Å²) in [5.41, 5.74) is 2.47. The number of hydrogen-bond donors (Lipinski definition) is 2. The summed E-state index contributed by atoms with van der Waals surface area (Å²) in [5.74, 6) is -1.19. The molecule has 27 heavy (non-hydrogen) atoms. The molecular weight excluding hydrogens is 370 g/mol. The highest BCUT2D eigenvalue weighted by atomic mass is 35.5. The van der Waals surface area contributed by atoms with Crippen molar-refractivity contribution in [2.24, 2.45) is 0 Å². The molecule has 2 heterocycles. The number of aryl methyl sites for hydroxylation is 1. The predicted octanol–water partition coefficient (Wildman–Crippen LogP) is 2.44. The van der Waals surface area contributed by atoms with E-state index in [9.17, 15) is 9.59 Å². The van der Waals surface area contributed by atoms with E-state index in [1.807, 2.05) is 26.0 Å². The molecule has 3 rings (SSSR count). The Labute approximate surface area is 162 Å². The minimum absolute atomic E-state index is 0.132. The number of carbonyl (C=O) groups is 2. The van der Waals surface area contributed by atoms with Crippen molar-refractivity contribution < 1.29 is 19.4 Å². The predicted molar refractivity (Wildman–Crippen MR) is 100 cm³/mol. The van der Waals surface area contributed by atoms with Crippen LogP contribution in [0, 0.1) is 13.8 Å². The first-order valence-electron chi connectivity index (χ1n) is 8.71. The molecule has 144 valence electrons. The van der Waals surface area contributed by atoms with Gasteiger partial charge >= 0.3 is 5.97 Å². The average molecular weight is 392 g/mol. The number of carbonyl (C=O) groups excluding carboxylic acids is 1. The number of aromatic nitrogens is 2. The molecule has 0 bridgehead atoms. The van der Waals surface area contributed by atoms with E-state index in [0.29, 0.717) is 18.1 Å². The van der Waals surface area contributed by atoms with Gasteiger partial charge in [0.1, 0.15) is 0 Å². The molecule has 0 radical (unpaired) electrons. The van der Waals surface area contributed by atoms with Gasteiger partial charge in [-0.15, -0.1) is 0 Å². The Morgan fingerprint density at radius 2 is 2.04 bits per heavy atom. The van der Waals surface area contributed by atoms with Gasteiger partial charge in [-0.2, -0.15) is 5.10 Å². The van der Waals surface area contributed by atoms with Crippen LogP contribution in [0.5, 0.6) is 0 Å². The minimum Gasteiger partial charge on any atom is -0.481 e. The summed E-state index contributed by atoms with van der Waals surface area (Å²) >= 11 is 5.94. The van der Waals surface area contributed by atoms with Crippen LogP contribution in [0.2, 0.25) is 5.02 Å². The second kappa shape index (κ2) is 7.70. The highest BCUT2D eigenvalue weighted by molar-refractivity contribution is 6.30. The molecule has 2 N–H and O–H groups in total. The zero-order valence-corrected chi connectivity index (χ0v) is 16.0. The van der Waals surface area contributed by atoms with E-state index in [4.69, 9.17) is 21.4 Å². The summed E-state index contributed by atoms with van der Waals surface area (Å²) in [4.78, 5) is 23.8. The summed E-state index contributed by atoms with van der Waals surface area (Å²) < 4.78 is 7.10. The Bertz CT molecular complexity index is 855. The number of ether oxygens (including phenoxy) is 1. The van der Waals surface area contributed by atoms with Crippen molar-refractivity contribution in [3.05, 3.63) is 46.2 Å². The number of aliphatic carboxylic acids is 1. The number of carboxylic acids is 1. The lowest BCUT2D eigenvalue weighted by Gasteiger charge is -2.27. The largest absolute Gasteiger partial charge is 0.481 e. The fraction of sp³-hybridized carbons (Fsp3) is 0.421. The van der Waals surface area contributed by atoms with E-state index in [2.05, 4.69) is 10.4 Å². The van der Waals surface area contributed by atoms with Gasteiger partial charge in [-0.1, -0.05) is 11.6 Å². The average Bonchev–Trinajstić information content (AvgIpc) is 3.14. The molecule has 1 aliphatic heterocycles. The van der Waals surface area contributed by atoms with Crippen molar-refractivity contribution in [2.75, 3.05) is 13.2 Å². The van der Waals surface area contributed by atoms with Crippen molar-refractivity contribution in [2.45, 2.75) is 38.6 Å². The van der Waals surface area contributed by atoms with Gasteiger partial charge in [-0.05, 0) is 44.5 Å². The minimum atomic E-state index is -0.955. The lowest BCUT2D eigenvalue weighted by Crippen LogP contribution is -2.51. The number of halogens is 1. The van der Waals surface area contributed by atoms with Crippen LogP contribution in [0.25, 0.3) is 5.69 Å². The van der Waals surface area contributed by atoms with Crippen LogP contribution in [-0.2, 0) is 20.7 Å². The molecule has 1 amide bonds. The first-order chi connectivity index (χ1) is 12.8. The van der Waals surface area contributed by atoms with E-state index in [-0.39, 0.29) is 25.4 Å². The first kappa shape index (κ1) is 19.4. The molecule has 8 heteroatoms. The fourth-order valence-corrected chi connectivity index (χ4v) is 3.57. The van der Waals surface area contributed by atoms with Crippen molar-refractivity contribution in [1.29, 1.82) is 0 Å².